The van der Waals surface area contributed by atoms with Gasteiger partial charge in [0, 0.05) is 18.7 Å². The van der Waals surface area contributed by atoms with Gasteiger partial charge in [0.25, 0.3) is 5.91 Å². The van der Waals surface area contributed by atoms with E-state index >= 15 is 0 Å². The molecule has 0 radical (unpaired) electrons. The van der Waals surface area contributed by atoms with Gasteiger partial charge in [0.1, 0.15) is 17.2 Å². The minimum absolute atomic E-state index is 0.268. The van der Waals surface area contributed by atoms with Crippen molar-refractivity contribution in [2.75, 3.05) is 11.9 Å². The smallest absolute Gasteiger partial charge is 0.416 e. The molecule has 1 aromatic heterocycles. The second-order valence-corrected chi connectivity index (χ2v) is 7.93. The lowest BCUT2D eigenvalue weighted by Crippen LogP contribution is -2.31. The number of hydrogen-bond donors (Lipinski definition) is 0. The minimum Gasteiger partial charge on any atom is -0.457 e. The molecule has 0 saturated carbocycles. The van der Waals surface area contributed by atoms with Crippen LogP contribution in [0.4, 0.5) is 18.9 Å². The molecule has 1 saturated heterocycles. The second-order valence-electron chi connectivity index (χ2n) is 7.56. The Morgan fingerprint density at radius 3 is 2.44 bits per heavy atom. The molecule has 0 unspecified atom stereocenters. The van der Waals surface area contributed by atoms with Crippen molar-refractivity contribution in [1.82, 2.24) is 4.90 Å². The summed E-state index contributed by atoms with van der Waals surface area (Å²) < 4.78 is 44.7. The van der Waals surface area contributed by atoms with Gasteiger partial charge >= 0.3 is 6.18 Å². The number of alkyl halides is 3. The first-order valence-electron chi connectivity index (χ1n) is 9.75. The molecule has 4 rings (SSSR count). The van der Waals surface area contributed by atoms with Crippen LogP contribution in [-0.2, 0) is 11.0 Å². The van der Waals surface area contributed by atoms with Crippen LogP contribution in [0.2, 0.25) is 0 Å². The normalized spacial score (nSPS) is 15.9. The van der Waals surface area contributed by atoms with Crippen molar-refractivity contribution >= 4 is 35.0 Å². The quantitative estimate of drug-likeness (QED) is 0.348. The maximum absolute atomic E-state index is 13.1. The summed E-state index contributed by atoms with van der Waals surface area (Å²) in [4.78, 5) is 16.2. The fraction of sp³-hybridized carbons (Fsp3) is 0.167. The summed E-state index contributed by atoms with van der Waals surface area (Å²) >= 11 is 5.48. The van der Waals surface area contributed by atoms with Crippen LogP contribution in [0, 0.1) is 13.8 Å². The topological polar surface area (TPSA) is 36.7 Å². The minimum atomic E-state index is -4.44. The van der Waals surface area contributed by atoms with E-state index in [0.29, 0.717) is 27.8 Å². The Labute approximate surface area is 188 Å². The predicted molar refractivity (Wildman–Crippen MR) is 121 cm³/mol. The molecule has 1 amide bonds. The molecule has 4 nitrogen and oxygen atoms in total. The van der Waals surface area contributed by atoms with Gasteiger partial charge in [-0.2, -0.15) is 13.2 Å². The fourth-order valence-corrected chi connectivity index (χ4v) is 3.70. The largest absolute Gasteiger partial charge is 0.457 e. The molecule has 0 N–H and O–H groups in total. The number of likely N-dealkylation sites (N-methyl/N-ethyl adjacent to an activating group) is 1. The molecule has 0 bridgehead atoms. The number of hydrogen-bond acceptors (Lipinski definition) is 3. The lowest BCUT2D eigenvalue weighted by molar-refractivity contribution is -0.137. The molecule has 2 heterocycles. The molecular weight excluding hydrogens is 437 g/mol. The van der Waals surface area contributed by atoms with Crippen LogP contribution < -0.4 is 4.90 Å². The van der Waals surface area contributed by atoms with E-state index in [1.807, 2.05) is 32.0 Å². The summed E-state index contributed by atoms with van der Waals surface area (Å²) in [6, 6.07) is 13.7. The van der Waals surface area contributed by atoms with Crippen LogP contribution in [0.15, 0.2) is 64.7 Å². The predicted octanol–water partition coefficient (Wildman–Crippen LogP) is 6.19. The fourth-order valence-electron chi connectivity index (χ4n) is 3.42. The molecule has 2 aromatic carbocycles. The average molecular weight is 456 g/mol. The zero-order valence-electron chi connectivity index (χ0n) is 17.5. The van der Waals surface area contributed by atoms with Crippen LogP contribution >= 0.6 is 12.2 Å². The molecule has 1 fully saturated rings. The van der Waals surface area contributed by atoms with Gasteiger partial charge in [0.05, 0.1) is 11.3 Å². The van der Waals surface area contributed by atoms with Crippen molar-refractivity contribution < 1.29 is 22.4 Å². The van der Waals surface area contributed by atoms with Crippen molar-refractivity contribution in [2.45, 2.75) is 20.0 Å². The summed E-state index contributed by atoms with van der Waals surface area (Å²) in [5.41, 5.74) is 2.65. The van der Waals surface area contributed by atoms with Crippen molar-refractivity contribution in [3.05, 3.63) is 82.7 Å². The summed E-state index contributed by atoms with van der Waals surface area (Å²) in [5, 5.41) is 0.328. The van der Waals surface area contributed by atoms with Crippen LogP contribution in [0.5, 0.6) is 0 Å². The molecule has 1 aliphatic rings. The lowest BCUT2D eigenvalue weighted by Gasteiger charge is -2.17. The third-order valence-corrected chi connectivity index (χ3v) is 5.85. The van der Waals surface area contributed by atoms with Crippen LogP contribution in [0.1, 0.15) is 22.5 Å². The number of halogens is 3. The average Bonchev–Trinajstić information content (AvgIpc) is 3.29. The van der Waals surface area contributed by atoms with Gasteiger partial charge < -0.3 is 9.32 Å². The van der Waals surface area contributed by atoms with Gasteiger partial charge in [0.15, 0.2) is 5.11 Å². The maximum atomic E-state index is 13.1. The van der Waals surface area contributed by atoms with Gasteiger partial charge in [-0.25, -0.2) is 0 Å². The van der Waals surface area contributed by atoms with Gasteiger partial charge in [-0.05, 0) is 73.6 Å². The Morgan fingerprint density at radius 2 is 1.75 bits per heavy atom. The van der Waals surface area contributed by atoms with E-state index in [1.165, 1.54) is 23.1 Å². The van der Waals surface area contributed by atoms with E-state index in [4.69, 9.17) is 16.6 Å². The number of benzene rings is 2. The summed E-state index contributed by atoms with van der Waals surface area (Å²) in [5.74, 6) is 0.291. The highest BCUT2D eigenvalue weighted by atomic mass is 32.1. The van der Waals surface area contributed by atoms with Crippen LogP contribution in [0.25, 0.3) is 17.4 Å². The lowest BCUT2D eigenvalue weighted by atomic mass is 10.1. The van der Waals surface area contributed by atoms with Crippen LogP contribution in [0.3, 0.4) is 0 Å². The number of anilines is 1. The number of aryl methyl sites for hydroxylation is 2. The molecular formula is C24H19F3N2O2S. The van der Waals surface area contributed by atoms with E-state index in [1.54, 1.807) is 24.1 Å². The van der Waals surface area contributed by atoms with E-state index in [0.717, 1.165) is 23.3 Å². The summed E-state index contributed by atoms with van der Waals surface area (Å²) in [7, 11) is 1.68. The highest BCUT2D eigenvalue weighted by Gasteiger charge is 2.37. The Balaban J connectivity index is 1.65. The molecule has 8 heteroatoms. The third-order valence-electron chi connectivity index (χ3n) is 5.39. The number of nitrogens with zero attached hydrogens (tertiary/aromatic N) is 2. The number of amides is 1. The highest BCUT2D eigenvalue weighted by Crippen LogP contribution is 2.34. The van der Waals surface area contributed by atoms with E-state index in [9.17, 15) is 18.0 Å². The van der Waals surface area contributed by atoms with Gasteiger partial charge in [-0.1, -0.05) is 18.2 Å². The number of thiocarbonyl (C=S) groups is 1. The SMILES string of the molecule is Cc1ccc(N2C(=O)/C(=C\c3ccc(-c4cccc(C(F)(F)F)c4)o3)N(C)C2=S)cc1C. The third kappa shape index (κ3) is 3.93. The van der Waals surface area contributed by atoms with E-state index in [2.05, 4.69) is 0 Å². The molecule has 0 atom stereocenters. The molecule has 164 valence electrons. The van der Waals surface area contributed by atoms with Crippen molar-refractivity contribution in [1.29, 1.82) is 0 Å². The van der Waals surface area contributed by atoms with Crippen LogP contribution in [-0.4, -0.2) is 23.0 Å². The first kappa shape index (κ1) is 21.8. The first-order chi connectivity index (χ1) is 15.1. The first-order valence-corrected chi connectivity index (χ1v) is 10.2. The standard InChI is InChI=1S/C24H19F3N2O2S/c1-14-7-8-18(11-15(14)2)29-22(30)20(28(3)23(29)32)13-19-9-10-21(31-19)16-5-4-6-17(12-16)24(25,26)27/h4-13H,1-3H3/b20-13+. The number of furan rings is 1. The molecule has 3 aromatic rings. The highest BCUT2D eigenvalue weighted by molar-refractivity contribution is 7.80. The monoisotopic (exact) mass is 456 g/mol. The Kier molecular flexibility index (Phi) is 5.42. The van der Waals surface area contributed by atoms with E-state index < -0.39 is 11.7 Å². The van der Waals surface area contributed by atoms with Crippen molar-refractivity contribution in [3.8, 4) is 11.3 Å². The number of carbonyl (C=O) groups excluding carboxylic acids is 1. The van der Waals surface area contributed by atoms with Gasteiger partial charge in [-0.15, -0.1) is 0 Å². The number of rotatable bonds is 3. The van der Waals surface area contributed by atoms with E-state index in [-0.39, 0.29) is 11.7 Å². The summed E-state index contributed by atoms with van der Waals surface area (Å²) in [6.45, 7) is 3.95. The second kappa shape index (κ2) is 7.94. The van der Waals surface area contributed by atoms with Crippen molar-refractivity contribution in [3.63, 3.8) is 0 Å². The van der Waals surface area contributed by atoms with Crippen molar-refractivity contribution in [2.24, 2.45) is 0 Å². The molecule has 0 aliphatic carbocycles. The Bertz CT molecular complexity index is 1260. The zero-order valence-corrected chi connectivity index (χ0v) is 18.3. The molecule has 1 aliphatic heterocycles. The Hall–Kier alpha value is -3.39. The number of carbonyl (C=O) groups is 1. The Morgan fingerprint density at radius 1 is 1.00 bits per heavy atom. The molecule has 32 heavy (non-hydrogen) atoms. The van der Waals surface area contributed by atoms with Gasteiger partial charge in [-0.3, -0.25) is 9.69 Å². The molecule has 0 spiro atoms. The maximum Gasteiger partial charge on any atom is 0.416 e. The summed E-state index contributed by atoms with van der Waals surface area (Å²) in [6.07, 6.45) is -2.91. The van der Waals surface area contributed by atoms with Gasteiger partial charge in [0.2, 0.25) is 0 Å². The zero-order chi connectivity index (χ0) is 23.2.